The third-order valence-corrected chi connectivity index (χ3v) is 2.95. The van der Waals surface area contributed by atoms with Crippen LogP contribution >= 0.6 is 23.2 Å². The minimum Gasteiger partial charge on any atom is -0.350 e. The molecular weight excluding hydrogens is 276 g/mol. The topological polar surface area (TPSA) is 29.1 Å². The first-order valence-electron chi connectivity index (χ1n) is 5.77. The third-order valence-electron chi connectivity index (χ3n) is 2.39. The summed E-state index contributed by atoms with van der Waals surface area (Å²) in [4.78, 5) is 11.7. The molecule has 1 N–H and O–H groups in total. The van der Waals surface area contributed by atoms with Crippen molar-refractivity contribution in [2.75, 3.05) is 6.54 Å². The van der Waals surface area contributed by atoms with Crippen LogP contribution < -0.4 is 5.32 Å². The summed E-state index contributed by atoms with van der Waals surface area (Å²) >= 11 is 11.7. The van der Waals surface area contributed by atoms with Gasteiger partial charge in [0.05, 0.1) is 10.9 Å². The fourth-order valence-corrected chi connectivity index (χ4v) is 2.16. The molecule has 0 fully saturated rings. The minimum absolute atomic E-state index is 0.0205. The van der Waals surface area contributed by atoms with E-state index >= 15 is 0 Å². The molecule has 100 valence electrons. The van der Waals surface area contributed by atoms with E-state index in [1.54, 1.807) is 0 Å². The summed E-state index contributed by atoms with van der Waals surface area (Å²) in [5.41, 5.74) is -0.0205. The van der Waals surface area contributed by atoms with Gasteiger partial charge in [-0.05, 0) is 30.5 Å². The Balaban J connectivity index is 2.55. The van der Waals surface area contributed by atoms with Crippen LogP contribution in [-0.4, -0.2) is 17.8 Å². The number of amides is 1. The van der Waals surface area contributed by atoms with Crippen molar-refractivity contribution < 1.29 is 9.18 Å². The highest BCUT2D eigenvalue weighted by molar-refractivity contribution is 6.30. The Morgan fingerprint density at radius 2 is 2.11 bits per heavy atom. The van der Waals surface area contributed by atoms with Crippen molar-refractivity contribution in [1.29, 1.82) is 0 Å². The summed E-state index contributed by atoms with van der Waals surface area (Å²) in [6.07, 6.45) is 0.797. The van der Waals surface area contributed by atoms with Gasteiger partial charge in [0.25, 0.3) is 5.91 Å². The number of nitrogens with one attached hydrogen (secondary N) is 1. The molecule has 0 aliphatic carbocycles. The molecule has 0 saturated carbocycles. The lowest BCUT2D eigenvalue weighted by Gasteiger charge is -2.13. The van der Waals surface area contributed by atoms with Crippen molar-refractivity contribution in [2.45, 2.75) is 25.6 Å². The van der Waals surface area contributed by atoms with E-state index < -0.39 is 11.7 Å². The van der Waals surface area contributed by atoms with Gasteiger partial charge in [-0.1, -0.05) is 25.4 Å². The van der Waals surface area contributed by atoms with E-state index in [1.807, 2.05) is 0 Å². The normalized spacial score (nSPS) is 12.6. The Morgan fingerprint density at radius 3 is 2.67 bits per heavy atom. The van der Waals surface area contributed by atoms with Crippen LogP contribution in [0.15, 0.2) is 18.2 Å². The number of hydrogen-bond donors (Lipinski definition) is 1. The van der Waals surface area contributed by atoms with Crippen LogP contribution in [0.4, 0.5) is 4.39 Å². The molecule has 5 heteroatoms. The zero-order chi connectivity index (χ0) is 13.7. The number of rotatable bonds is 5. The number of benzene rings is 1. The van der Waals surface area contributed by atoms with E-state index in [0.717, 1.165) is 12.5 Å². The second-order valence-corrected chi connectivity index (χ2v) is 5.61. The van der Waals surface area contributed by atoms with Gasteiger partial charge in [0.15, 0.2) is 0 Å². The molecule has 0 bridgehead atoms. The van der Waals surface area contributed by atoms with Gasteiger partial charge in [-0.2, -0.15) is 0 Å². The Labute approximate surface area is 116 Å². The monoisotopic (exact) mass is 291 g/mol. The van der Waals surface area contributed by atoms with E-state index in [0.29, 0.717) is 12.5 Å². The molecule has 0 aliphatic rings. The molecule has 0 saturated heterocycles. The maximum absolute atomic E-state index is 13.5. The number of alkyl halides is 1. The lowest BCUT2D eigenvalue weighted by Crippen LogP contribution is -2.30. The van der Waals surface area contributed by atoms with Crippen molar-refractivity contribution in [3.8, 4) is 0 Å². The number of halogens is 3. The first kappa shape index (κ1) is 15.3. The molecule has 1 unspecified atom stereocenters. The SMILES string of the molecule is CC(C)CC(Cl)CNC(=O)c1ccc(Cl)cc1F. The molecule has 0 heterocycles. The third kappa shape index (κ3) is 4.83. The molecule has 0 aliphatic heterocycles. The largest absolute Gasteiger partial charge is 0.350 e. The van der Waals surface area contributed by atoms with Crippen molar-refractivity contribution >= 4 is 29.1 Å². The molecule has 0 aromatic heterocycles. The molecule has 0 radical (unpaired) electrons. The second kappa shape index (κ2) is 6.95. The first-order valence-corrected chi connectivity index (χ1v) is 6.59. The first-order chi connectivity index (χ1) is 8.40. The molecule has 0 spiro atoms. The van der Waals surface area contributed by atoms with E-state index in [-0.39, 0.29) is 16.0 Å². The van der Waals surface area contributed by atoms with E-state index in [4.69, 9.17) is 23.2 Å². The number of hydrogen-bond acceptors (Lipinski definition) is 1. The second-order valence-electron chi connectivity index (χ2n) is 4.56. The molecule has 1 rings (SSSR count). The Kier molecular flexibility index (Phi) is 5.89. The van der Waals surface area contributed by atoms with Crippen LogP contribution in [-0.2, 0) is 0 Å². The zero-order valence-corrected chi connectivity index (χ0v) is 11.9. The quantitative estimate of drug-likeness (QED) is 0.820. The highest BCUT2D eigenvalue weighted by atomic mass is 35.5. The maximum Gasteiger partial charge on any atom is 0.254 e. The fourth-order valence-electron chi connectivity index (χ4n) is 1.57. The lowest BCUT2D eigenvalue weighted by molar-refractivity contribution is 0.0949. The predicted octanol–water partition coefficient (Wildman–Crippen LogP) is 3.86. The standard InChI is InChI=1S/C13H16Cl2FNO/c1-8(2)5-10(15)7-17-13(18)11-4-3-9(14)6-12(11)16/h3-4,6,8,10H,5,7H2,1-2H3,(H,17,18). The van der Waals surface area contributed by atoms with Crippen molar-refractivity contribution in [3.63, 3.8) is 0 Å². The van der Waals surface area contributed by atoms with E-state index in [9.17, 15) is 9.18 Å². The van der Waals surface area contributed by atoms with Gasteiger partial charge in [0.2, 0.25) is 0 Å². The van der Waals surface area contributed by atoms with Crippen molar-refractivity contribution in [2.24, 2.45) is 5.92 Å². The van der Waals surface area contributed by atoms with Crippen LogP contribution in [0.2, 0.25) is 5.02 Å². The summed E-state index contributed by atoms with van der Waals surface area (Å²) in [5.74, 6) is -0.648. The smallest absolute Gasteiger partial charge is 0.254 e. The molecule has 2 nitrogen and oxygen atoms in total. The minimum atomic E-state index is -0.630. The van der Waals surface area contributed by atoms with Crippen molar-refractivity contribution in [3.05, 3.63) is 34.6 Å². The van der Waals surface area contributed by atoms with Crippen LogP contribution in [0.5, 0.6) is 0 Å². The summed E-state index contributed by atoms with van der Waals surface area (Å²) in [7, 11) is 0. The summed E-state index contributed by atoms with van der Waals surface area (Å²) in [6.45, 7) is 4.42. The Morgan fingerprint density at radius 1 is 1.44 bits per heavy atom. The van der Waals surface area contributed by atoms with E-state index in [2.05, 4.69) is 19.2 Å². The zero-order valence-electron chi connectivity index (χ0n) is 10.3. The van der Waals surface area contributed by atoms with Gasteiger partial charge >= 0.3 is 0 Å². The maximum atomic E-state index is 13.5. The van der Waals surface area contributed by atoms with Gasteiger partial charge in [-0.25, -0.2) is 4.39 Å². The lowest BCUT2D eigenvalue weighted by atomic mass is 10.1. The van der Waals surface area contributed by atoms with Crippen LogP contribution in [0.25, 0.3) is 0 Å². The van der Waals surface area contributed by atoms with E-state index in [1.165, 1.54) is 12.1 Å². The summed E-state index contributed by atoms with van der Waals surface area (Å²) in [6, 6.07) is 3.95. The average Bonchev–Trinajstić information content (AvgIpc) is 2.25. The highest BCUT2D eigenvalue weighted by Gasteiger charge is 2.14. The highest BCUT2D eigenvalue weighted by Crippen LogP contribution is 2.15. The van der Waals surface area contributed by atoms with Gasteiger partial charge in [-0.15, -0.1) is 11.6 Å². The van der Waals surface area contributed by atoms with Crippen LogP contribution in [0, 0.1) is 11.7 Å². The molecule has 18 heavy (non-hydrogen) atoms. The Hall–Kier alpha value is -0.800. The molecular formula is C13H16Cl2FNO. The number of carbonyl (C=O) groups excluding carboxylic acids is 1. The Bertz CT molecular complexity index is 423. The van der Waals surface area contributed by atoms with Crippen molar-refractivity contribution in [1.82, 2.24) is 5.32 Å². The summed E-state index contributed by atoms with van der Waals surface area (Å²) in [5, 5.41) is 2.72. The molecule has 1 atom stereocenters. The van der Waals surface area contributed by atoms with Gasteiger partial charge in [-0.3, -0.25) is 4.79 Å². The van der Waals surface area contributed by atoms with Gasteiger partial charge in [0.1, 0.15) is 5.82 Å². The van der Waals surface area contributed by atoms with Gasteiger partial charge < -0.3 is 5.32 Å². The average molecular weight is 292 g/mol. The van der Waals surface area contributed by atoms with Crippen LogP contribution in [0.3, 0.4) is 0 Å². The summed E-state index contributed by atoms with van der Waals surface area (Å²) < 4.78 is 13.5. The fraction of sp³-hybridized carbons (Fsp3) is 0.462. The van der Waals surface area contributed by atoms with Crippen LogP contribution in [0.1, 0.15) is 30.6 Å². The predicted molar refractivity (Wildman–Crippen MR) is 72.8 cm³/mol. The number of carbonyl (C=O) groups is 1. The molecule has 1 amide bonds. The molecule has 1 aromatic rings. The molecule has 1 aromatic carbocycles. The van der Waals surface area contributed by atoms with Gasteiger partial charge in [0, 0.05) is 11.6 Å².